The molecule has 2 aliphatic rings. The maximum Gasteiger partial charge on any atom is 0.253 e. The number of methoxy groups -OCH3 is 1. The Labute approximate surface area is 166 Å². The van der Waals surface area contributed by atoms with E-state index in [4.69, 9.17) is 9.47 Å². The van der Waals surface area contributed by atoms with Crippen LogP contribution in [0.4, 0.5) is 5.69 Å². The molecule has 1 saturated heterocycles. The highest BCUT2D eigenvalue weighted by atomic mass is 16.5. The molecule has 1 heterocycles. The standard InChI is InChI=1S/C21H31N3O4/c1-27-18-9-5-8-17(19(18)23-20(25)16-6-3-2-4-7-16)21(26)22-10-11-24-12-14-28-15-13-24/h5,8-9,16H,2-4,6-7,10-15H2,1H3,(H,22,26)(H,23,25). The van der Waals surface area contributed by atoms with E-state index in [1.807, 2.05) is 0 Å². The average Bonchev–Trinajstić information content (AvgIpc) is 2.75. The van der Waals surface area contributed by atoms with Crippen molar-refractivity contribution >= 4 is 17.5 Å². The lowest BCUT2D eigenvalue weighted by atomic mass is 9.88. The summed E-state index contributed by atoms with van der Waals surface area (Å²) in [5, 5.41) is 5.93. The number of hydrogen-bond donors (Lipinski definition) is 2. The molecule has 0 spiro atoms. The number of anilines is 1. The number of amides is 2. The smallest absolute Gasteiger partial charge is 0.253 e. The van der Waals surface area contributed by atoms with Gasteiger partial charge < -0.3 is 20.1 Å². The van der Waals surface area contributed by atoms with Gasteiger partial charge in [0, 0.05) is 32.1 Å². The first-order valence-corrected chi connectivity index (χ1v) is 10.2. The van der Waals surface area contributed by atoms with E-state index in [1.165, 1.54) is 6.42 Å². The normalized spacial score (nSPS) is 18.5. The summed E-state index contributed by atoms with van der Waals surface area (Å²) in [5.74, 6) is 0.290. The number of carbonyl (C=O) groups excluding carboxylic acids is 2. The van der Waals surface area contributed by atoms with Crippen molar-refractivity contribution in [2.45, 2.75) is 32.1 Å². The summed E-state index contributed by atoms with van der Waals surface area (Å²) in [7, 11) is 1.55. The van der Waals surface area contributed by atoms with E-state index in [1.54, 1.807) is 25.3 Å². The molecular weight excluding hydrogens is 358 g/mol. The van der Waals surface area contributed by atoms with Gasteiger partial charge in [-0.25, -0.2) is 0 Å². The van der Waals surface area contributed by atoms with Crippen molar-refractivity contribution in [1.82, 2.24) is 10.2 Å². The van der Waals surface area contributed by atoms with Gasteiger partial charge >= 0.3 is 0 Å². The van der Waals surface area contributed by atoms with Crippen molar-refractivity contribution in [1.29, 1.82) is 0 Å². The molecule has 2 amide bonds. The van der Waals surface area contributed by atoms with Crippen molar-refractivity contribution in [2.75, 3.05) is 51.8 Å². The molecule has 1 saturated carbocycles. The van der Waals surface area contributed by atoms with E-state index in [2.05, 4.69) is 15.5 Å². The maximum atomic E-state index is 12.8. The lowest BCUT2D eigenvalue weighted by Crippen LogP contribution is -2.41. The zero-order valence-corrected chi connectivity index (χ0v) is 16.7. The first-order valence-electron chi connectivity index (χ1n) is 10.2. The Morgan fingerprint density at radius 3 is 2.64 bits per heavy atom. The molecule has 1 aromatic rings. The third-order valence-corrected chi connectivity index (χ3v) is 5.53. The fraction of sp³-hybridized carbons (Fsp3) is 0.619. The Morgan fingerprint density at radius 1 is 1.18 bits per heavy atom. The summed E-state index contributed by atoms with van der Waals surface area (Å²) in [6, 6.07) is 5.26. The highest BCUT2D eigenvalue weighted by Gasteiger charge is 2.24. The van der Waals surface area contributed by atoms with Crippen LogP contribution in [-0.4, -0.2) is 63.2 Å². The van der Waals surface area contributed by atoms with Gasteiger partial charge in [-0.3, -0.25) is 14.5 Å². The quantitative estimate of drug-likeness (QED) is 0.748. The average molecular weight is 389 g/mol. The number of rotatable bonds is 7. The van der Waals surface area contributed by atoms with Crippen LogP contribution in [-0.2, 0) is 9.53 Å². The van der Waals surface area contributed by atoms with E-state index in [9.17, 15) is 9.59 Å². The molecule has 0 radical (unpaired) electrons. The van der Waals surface area contributed by atoms with Crippen molar-refractivity contribution in [3.8, 4) is 5.75 Å². The van der Waals surface area contributed by atoms with Crippen molar-refractivity contribution < 1.29 is 19.1 Å². The van der Waals surface area contributed by atoms with Crippen molar-refractivity contribution in [3.63, 3.8) is 0 Å². The molecule has 154 valence electrons. The predicted molar refractivity (Wildman–Crippen MR) is 108 cm³/mol. The van der Waals surface area contributed by atoms with Gasteiger partial charge in [0.15, 0.2) is 0 Å². The topological polar surface area (TPSA) is 79.9 Å². The van der Waals surface area contributed by atoms with Gasteiger partial charge in [-0.2, -0.15) is 0 Å². The molecule has 0 aromatic heterocycles. The first kappa shape index (κ1) is 20.6. The fourth-order valence-corrected chi connectivity index (χ4v) is 3.86. The molecule has 0 unspecified atom stereocenters. The monoisotopic (exact) mass is 389 g/mol. The van der Waals surface area contributed by atoms with E-state index in [-0.39, 0.29) is 17.7 Å². The van der Waals surface area contributed by atoms with Gasteiger partial charge in [-0.05, 0) is 25.0 Å². The van der Waals surface area contributed by atoms with Gasteiger partial charge in [0.05, 0.1) is 31.6 Å². The van der Waals surface area contributed by atoms with Crippen LogP contribution in [0.1, 0.15) is 42.5 Å². The van der Waals surface area contributed by atoms with Crippen LogP contribution in [0.3, 0.4) is 0 Å². The molecule has 2 fully saturated rings. The third-order valence-electron chi connectivity index (χ3n) is 5.53. The molecule has 7 heteroatoms. The number of nitrogens with zero attached hydrogens (tertiary/aromatic N) is 1. The van der Waals surface area contributed by atoms with Gasteiger partial charge in [0.25, 0.3) is 5.91 Å². The number of morpholine rings is 1. The molecule has 28 heavy (non-hydrogen) atoms. The minimum atomic E-state index is -0.203. The Kier molecular flexibility index (Phi) is 7.68. The first-order chi connectivity index (χ1) is 13.7. The molecular formula is C21H31N3O4. The Morgan fingerprint density at radius 2 is 1.93 bits per heavy atom. The predicted octanol–water partition coefficient (Wildman–Crippen LogP) is 2.28. The summed E-state index contributed by atoms with van der Waals surface area (Å²) >= 11 is 0. The SMILES string of the molecule is COc1cccc(C(=O)NCCN2CCOCC2)c1NC(=O)C1CCCCC1. The lowest BCUT2D eigenvalue weighted by Gasteiger charge is -2.26. The highest BCUT2D eigenvalue weighted by molar-refractivity contribution is 6.05. The summed E-state index contributed by atoms with van der Waals surface area (Å²) in [6.45, 7) is 4.58. The van der Waals surface area contributed by atoms with Crippen molar-refractivity contribution in [3.05, 3.63) is 23.8 Å². The van der Waals surface area contributed by atoms with Crippen LogP contribution in [0.2, 0.25) is 0 Å². The van der Waals surface area contributed by atoms with Crippen LogP contribution < -0.4 is 15.4 Å². The Hall–Kier alpha value is -2.12. The second-order valence-corrected chi connectivity index (χ2v) is 7.42. The Bertz CT molecular complexity index is 668. The van der Waals surface area contributed by atoms with Gasteiger partial charge in [0.1, 0.15) is 5.75 Å². The molecule has 0 atom stereocenters. The molecule has 0 bridgehead atoms. The number of hydrogen-bond acceptors (Lipinski definition) is 5. The fourth-order valence-electron chi connectivity index (χ4n) is 3.86. The number of ether oxygens (including phenoxy) is 2. The lowest BCUT2D eigenvalue weighted by molar-refractivity contribution is -0.120. The minimum absolute atomic E-state index is 0.0101. The van der Waals surface area contributed by atoms with Gasteiger partial charge in [-0.15, -0.1) is 0 Å². The number of benzene rings is 1. The minimum Gasteiger partial charge on any atom is -0.495 e. The second-order valence-electron chi connectivity index (χ2n) is 7.42. The third kappa shape index (κ3) is 5.45. The molecule has 1 aliphatic carbocycles. The summed E-state index contributed by atoms with van der Waals surface area (Å²) in [6.07, 6.45) is 5.16. The van der Waals surface area contributed by atoms with Crippen LogP contribution in [0.25, 0.3) is 0 Å². The second kappa shape index (κ2) is 10.4. The summed E-state index contributed by atoms with van der Waals surface area (Å²) in [4.78, 5) is 27.8. The van der Waals surface area contributed by atoms with E-state index in [0.29, 0.717) is 23.5 Å². The van der Waals surface area contributed by atoms with Crippen molar-refractivity contribution in [2.24, 2.45) is 5.92 Å². The van der Waals surface area contributed by atoms with Gasteiger partial charge in [0.2, 0.25) is 5.91 Å². The van der Waals surface area contributed by atoms with Crippen LogP contribution in [0.5, 0.6) is 5.75 Å². The molecule has 3 rings (SSSR count). The zero-order chi connectivity index (χ0) is 19.8. The summed E-state index contributed by atoms with van der Waals surface area (Å²) in [5.41, 5.74) is 0.898. The van der Waals surface area contributed by atoms with Crippen LogP contribution in [0, 0.1) is 5.92 Å². The Balaban J connectivity index is 1.64. The number of nitrogens with one attached hydrogen (secondary N) is 2. The van der Waals surface area contributed by atoms with Gasteiger partial charge in [-0.1, -0.05) is 25.3 Å². The van der Waals surface area contributed by atoms with Crippen LogP contribution in [0.15, 0.2) is 18.2 Å². The molecule has 2 N–H and O–H groups in total. The highest BCUT2D eigenvalue weighted by Crippen LogP contribution is 2.31. The van der Waals surface area contributed by atoms with E-state index in [0.717, 1.165) is 58.5 Å². The molecule has 1 aromatic carbocycles. The largest absolute Gasteiger partial charge is 0.495 e. The van der Waals surface area contributed by atoms with E-state index >= 15 is 0 Å². The summed E-state index contributed by atoms with van der Waals surface area (Å²) < 4.78 is 10.7. The number of para-hydroxylation sites is 1. The molecule has 7 nitrogen and oxygen atoms in total. The molecule has 1 aliphatic heterocycles. The maximum absolute atomic E-state index is 12.8. The number of carbonyl (C=O) groups is 2. The van der Waals surface area contributed by atoms with Crippen LogP contribution >= 0.6 is 0 Å². The zero-order valence-electron chi connectivity index (χ0n) is 16.7. The van der Waals surface area contributed by atoms with E-state index < -0.39 is 0 Å².